The van der Waals surface area contributed by atoms with Gasteiger partial charge in [-0.3, -0.25) is 14.2 Å². The average molecular weight is 268 g/mol. The van der Waals surface area contributed by atoms with Gasteiger partial charge in [0.05, 0.1) is 0 Å². The van der Waals surface area contributed by atoms with Gasteiger partial charge in [0.2, 0.25) is 5.91 Å². The van der Waals surface area contributed by atoms with Gasteiger partial charge in [-0.05, 0) is 20.8 Å². The highest BCUT2D eigenvalue weighted by atomic mass is 16.2. The number of amides is 1. The van der Waals surface area contributed by atoms with E-state index in [9.17, 15) is 14.4 Å². The van der Waals surface area contributed by atoms with Crippen molar-refractivity contribution in [3.05, 3.63) is 27.0 Å². The highest BCUT2D eigenvalue weighted by Gasteiger charge is 2.16. The Labute approximate surface area is 111 Å². The number of nitrogens with zero attached hydrogens (tertiary/aromatic N) is 3. The SMILES string of the molecule is CCn1cc(N)c(=O)n(CC(=O)N(C)C(C)C)c1=O. The summed E-state index contributed by atoms with van der Waals surface area (Å²) in [5.41, 5.74) is 4.37. The first-order valence-electron chi connectivity index (χ1n) is 6.15. The zero-order valence-electron chi connectivity index (χ0n) is 11.7. The predicted octanol–water partition coefficient (Wildman–Crippen LogP) is -0.521. The number of nitrogen functional groups attached to an aromatic ring is 1. The number of hydrogen-bond donors (Lipinski definition) is 1. The number of hydrogen-bond acceptors (Lipinski definition) is 4. The van der Waals surface area contributed by atoms with Gasteiger partial charge in [-0.2, -0.15) is 0 Å². The summed E-state index contributed by atoms with van der Waals surface area (Å²) in [6.45, 7) is 5.56. The summed E-state index contributed by atoms with van der Waals surface area (Å²) in [5, 5.41) is 0. The number of aromatic nitrogens is 2. The molecule has 0 aliphatic carbocycles. The molecule has 7 nitrogen and oxygen atoms in total. The van der Waals surface area contributed by atoms with Crippen molar-refractivity contribution < 1.29 is 4.79 Å². The van der Waals surface area contributed by atoms with Crippen LogP contribution in [0.5, 0.6) is 0 Å². The van der Waals surface area contributed by atoms with Crippen molar-refractivity contribution in [1.82, 2.24) is 14.0 Å². The summed E-state index contributed by atoms with van der Waals surface area (Å²) in [7, 11) is 1.63. The maximum Gasteiger partial charge on any atom is 0.331 e. The Balaban J connectivity index is 3.22. The fourth-order valence-corrected chi connectivity index (χ4v) is 1.58. The third-order valence-electron chi connectivity index (χ3n) is 3.07. The van der Waals surface area contributed by atoms with Crippen molar-refractivity contribution in [3.63, 3.8) is 0 Å². The van der Waals surface area contributed by atoms with Crippen LogP contribution in [0, 0.1) is 0 Å². The molecule has 2 N–H and O–H groups in total. The van der Waals surface area contributed by atoms with Crippen molar-refractivity contribution in [2.24, 2.45) is 0 Å². The minimum absolute atomic E-state index is 0.00216. The van der Waals surface area contributed by atoms with Gasteiger partial charge >= 0.3 is 5.69 Å². The molecule has 0 aliphatic rings. The largest absolute Gasteiger partial charge is 0.393 e. The first-order valence-corrected chi connectivity index (χ1v) is 6.15. The van der Waals surface area contributed by atoms with Crippen molar-refractivity contribution in [2.45, 2.75) is 39.9 Å². The molecule has 0 saturated carbocycles. The molecule has 1 rings (SSSR count). The lowest BCUT2D eigenvalue weighted by Gasteiger charge is -2.21. The molecule has 106 valence electrons. The van der Waals surface area contributed by atoms with E-state index in [4.69, 9.17) is 5.73 Å². The summed E-state index contributed by atoms with van der Waals surface area (Å²) >= 11 is 0. The van der Waals surface area contributed by atoms with E-state index in [1.807, 2.05) is 13.8 Å². The third-order valence-corrected chi connectivity index (χ3v) is 3.07. The van der Waals surface area contributed by atoms with Gasteiger partial charge in [-0.15, -0.1) is 0 Å². The lowest BCUT2D eigenvalue weighted by Crippen LogP contribution is -2.45. The van der Waals surface area contributed by atoms with Gasteiger partial charge in [-0.25, -0.2) is 9.36 Å². The second-order valence-electron chi connectivity index (χ2n) is 4.64. The number of rotatable bonds is 4. The Kier molecular flexibility index (Phi) is 4.52. The Morgan fingerprint density at radius 2 is 2.00 bits per heavy atom. The number of aryl methyl sites for hydroxylation is 1. The molecule has 1 heterocycles. The molecule has 1 aromatic heterocycles. The van der Waals surface area contributed by atoms with E-state index in [-0.39, 0.29) is 24.2 Å². The maximum atomic E-state index is 12.0. The van der Waals surface area contributed by atoms with Crippen molar-refractivity contribution in [1.29, 1.82) is 0 Å². The van der Waals surface area contributed by atoms with E-state index in [0.29, 0.717) is 6.54 Å². The number of carbonyl (C=O) groups excluding carboxylic acids is 1. The van der Waals surface area contributed by atoms with Gasteiger partial charge in [0.1, 0.15) is 12.2 Å². The first kappa shape index (κ1) is 15.0. The van der Waals surface area contributed by atoms with Crippen molar-refractivity contribution in [2.75, 3.05) is 12.8 Å². The van der Waals surface area contributed by atoms with Crippen LogP contribution in [0.15, 0.2) is 15.8 Å². The van der Waals surface area contributed by atoms with E-state index in [1.165, 1.54) is 15.7 Å². The summed E-state index contributed by atoms with van der Waals surface area (Å²) in [5.74, 6) is -0.303. The van der Waals surface area contributed by atoms with E-state index in [1.54, 1.807) is 14.0 Å². The number of nitrogens with two attached hydrogens (primary N) is 1. The molecule has 1 amide bonds. The number of carbonyl (C=O) groups is 1. The molecule has 0 radical (unpaired) electrons. The lowest BCUT2D eigenvalue weighted by molar-refractivity contribution is -0.132. The molecule has 0 unspecified atom stereocenters. The molecular formula is C12H20N4O3. The summed E-state index contributed by atoms with van der Waals surface area (Å²) in [6, 6.07) is -0.00216. The zero-order chi connectivity index (χ0) is 14.7. The Morgan fingerprint density at radius 3 is 2.47 bits per heavy atom. The van der Waals surface area contributed by atoms with Crippen LogP contribution >= 0.6 is 0 Å². The molecule has 7 heteroatoms. The molecule has 0 aliphatic heterocycles. The molecule has 1 aromatic rings. The van der Waals surface area contributed by atoms with E-state index < -0.39 is 11.2 Å². The van der Waals surface area contributed by atoms with Crippen molar-refractivity contribution in [3.8, 4) is 0 Å². The Hall–Kier alpha value is -2.05. The van der Waals surface area contributed by atoms with Crippen LogP contribution in [-0.4, -0.2) is 33.0 Å². The van der Waals surface area contributed by atoms with Gasteiger partial charge in [0, 0.05) is 25.8 Å². The van der Waals surface area contributed by atoms with Crippen LogP contribution in [0.1, 0.15) is 20.8 Å². The smallest absolute Gasteiger partial charge is 0.331 e. The monoisotopic (exact) mass is 268 g/mol. The van der Waals surface area contributed by atoms with Gasteiger partial charge in [0.15, 0.2) is 0 Å². The van der Waals surface area contributed by atoms with E-state index >= 15 is 0 Å². The maximum absolute atomic E-state index is 12.0. The Bertz CT molecular complexity index is 586. The van der Waals surface area contributed by atoms with Crippen LogP contribution in [0.4, 0.5) is 5.69 Å². The zero-order valence-corrected chi connectivity index (χ0v) is 11.7. The highest BCUT2D eigenvalue weighted by Crippen LogP contribution is 1.96. The average Bonchev–Trinajstić information content (AvgIpc) is 2.37. The van der Waals surface area contributed by atoms with Crippen LogP contribution in [0.3, 0.4) is 0 Å². The molecule has 0 atom stereocenters. The predicted molar refractivity (Wildman–Crippen MR) is 73.0 cm³/mol. The minimum atomic E-state index is -0.625. The molecule has 0 bridgehead atoms. The lowest BCUT2D eigenvalue weighted by atomic mass is 10.3. The van der Waals surface area contributed by atoms with Gasteiger partial charge in [0.25, 0.3) is 5.56 Å². The van der Waals surface area contributed by atoms with Crippen LogP contribution in [0.2, 0.25) is 0 Å². The highest BCUT2D eigenvalue weighted by molar-refractivity contribution is 5.76. The summed E-state index contributed by atoms with van der Waals surface area (Å²) in [6.07, 6.45) is 1.30. The Morgan fingerprint density at radius 1 is 1.42 bits per heavy atom. The molecular weight excluding hydrogens is 248 g/mol. The molecule has 0 aromatic carbocycles. The first-order chi connectivity index (χ1) is 8.79. The second-order valence-corrected chi connectivity index (χ2v) is 4.64. The molecule has 19 heavy (non-hydrogen) atoms. The van der Waals surface area contributed by atoms with Crippen LogP contribution in [-0.2, 0) is 17.9 Å². The molecule has 0 spiro atoms. The van der Waals surface area contributed by atoms with E-state index in [2.05, 4.69) is 0 Å². The number of anilines is 1. The minimum Gasteiger partial charge on any atom is -0.393 e. The van der Waals surface area contributed by atoms with Crippen LogP contribution < -0.4 is 17.0 Å². The topological polar surface area (TPSA) is 90.3 Å². The summed E-state index contributed by atoms with van der Waals surface area (Å²) in [4.78, 5) is 37.3. The van der Waals surface area contributed by atoms with Gasteiger partial charge < -0.3 is 10.6 Å². The van der Waals surface area contributed by atoms with Crippen LogP contribution in [0.25, 0.3) is 0 Å². The van der Waals surface area contributed by atoms with Gasteiger partial charge in [-0.1, -0.05) is 0 Å². The normalized spacial score (nSPS) is 10.8. The van der Waals surface area contributed by atoms with E-state index in [0.717, 1.165) is 4.57 Å². The number of likely N-dealkylation sites (N-methyl/N-ethyl adjacent to an activating group) is 1. The third kappa shape index (κ3) is 3.04. The fourth-order valence-electron chi connectivity index (χ4n) is 1.58. The van der Waals surface area contributed by atoms with Crippen molar-refractivity contribution >= 4 is 11.6 Å². The standard InChI is InChI=1S/C12H20N4O3/c1-5-15-6-9(13)11(18)16(12(15)19)7-10(17)14(4)8(2)3/h6,8H,5,7,13H2,1-4H3. The quantitative estimate of drug-likeness (QED) is 0.795. The molecule has 0 fully saturated rings. The molecule has 0 saturated heterocycles. The summed E-state index contributed by atoms with van der Waals surface area (Å²) < 4.78 is 2.18. The fraction of sp³-hybridized carbons (Fsp3) is 0.583. The second kappa shape index (κ2) is 5.73.